The van der Waals surface area contributed by atoms with Crippen LogP contribution in [0.1, 0.15) is 66.4 Å². The summed E-state index contributed by atoms with van der Waals surface area (Å²) < 4.78 is 63.0. The maximum absolute atomic E-state index is 14.5. The molecule has 52 heavy (non-hydrogen) atoms. The van der Waals surface area contributed by atoms with E-state index in [-0.39, 0.29) is 30.2 Å². The molecule has 2 atom stereocenters. The Bertz CT molecular complexity index is 1950. The first kappa shape index (κ1) is 38.2. The Balaban J connectivity index is 1.64. The molecule has 4 aromatic rings. The highest BCUT2D eigenvalue weighted by Crippen LogP contribution is 2.44. The highest BCUT2D eigenvalue weighted by atomic mass is 28.4. The van der Waals surface area contributed by atoms with Crippen molar-refractivity contribution in [3.63, 3.8) is 0 Å². The van der Waals surface area contributed by atoms with Crippen LogP contribution < -0.4 is 10.2 Å². The number of fused-ring (bicyclic) bond motifs is 1. The molecule has 0 aliphatic carbocycles. The number of anilines is 1. The quantitative estimate of drug-likeness (QED) is 0.0732. The number of carbonyl (C=O) groups excluding carboxylic acids is 2. The van der Waals surface area contributed by atoms with Crippen LogP contribution in [0.4, 0.5) is 23.4 Å². The summed E-state index contributed by atoms with van der Waals surface area (Å²) in [4.78, 5) is 33.4. The predicted molar refractivity (Wildman–Crippen MR) is 193 cm³/mol. The molecule has 2 heterocycles. The molecule has 0 radical (unpaired) electrons. The number of nitrogens with one attached hydrogen (secondary N) is 1. The van der Waals surface area contributed by atoms with Crippen molar-refractivity contribution in [2.45, 2.75) is 70.5 Å². The van der Waals surface area contributed by atoms with E-state index in [9.17, 15) is 27.2 Å². The Kier molecular flexibility index (Phi) is 11.0. The van der Waals surface area contributed by atoms with Crippen LogP contribution in [0.5, 0.6) is 0 Å². The van der Waals surface area contributed by atoms with Crippen LogP contribution in [0, 0.1) is 12.4 Å². The molecule has 3 aromatic carbocycles. The molecule has 0 unspecified atom stereocenters. The van der Waals surface area contributed by atoms with E-state index >= 15 is 0 Å². The molecular weight excluding hydrogens is 693 g/mol. The molecule has 14 heteroatoms. The van der Waals surface area contributed by atoms with Gasteiger partial charge in [-0.3, -0.25) is 14.5 Å². The molecule has 0 saturated heterocycles. The van der Waals surface area contributed by atoms with Crippen molar-refractivity contribution in [1.82, 2.24) is 20.1 Å². The van der Waals surface area contributed by atoms with Crippen molar-refractivity contribution < 1.29 is 31.6 Å². The predicted octanol–water partition coefficient (Wildman–Crippen LogP) is 7.99. The van der Waals surface area contributed by atoms with Gasteiger partial charge in [0, 0.05) is 23.6 Å². The van der Waals surface area contributed by atoms with E-state index in [1.54, 1.807) is 11.6 Å². The minimum Gasteiger partial charge on any atom is -0.415 e. The number of carbonyl (C=O) groups is 2. The summed E-state index contributed by atoms with van der Waals surface area (Å²) in [5, 5.41) is 9.16. The number of benzene rings is 3. The summed E-state index contributed by atoms with van der Waals surface area (Å²) in [6, 6.07) is 17.3. The largest absolute Gasteiger partial charge is 0.416 e. The molecule has 1 aromatic heterocycles. The van der Waals surface area contributed by atoms with E-state index in [1.807, 2.05) is 30.3 Å². The van der Waals surface area contributed by atoms with Gasteiger partial charge in [0.2, 0.25) is 0 Å². The molecule has 2 amide bonds. The summed E-state index contributed by atoms with van der Waals surface area (Å²) >= 11 is 0. The minimum atomic E-state index is -4.69. The van der Waals surface area contributed by atoms with Crippen molar-refractivity contribution in [3.8, 4) is 5.69 Å². The zero-order chi connectivity index (χ0) is 38.0. The Hall–Kier alpha value is -5.00. The molecule has 1 aliphatic heterocycles. The van der Waals surface area contributed by atoms with E-state index in [2.05, 4.69) is 44.1 Å². The molecular formula is C38H42F4N6O3Si. The first-order valence-electron chi connectivity index (χ1n) is 16.9. The number of para-hydroxylation sites is 1. The molecule has 274 valence electrons. The zero-order valence-electron chi connectivity index (χ0n) is 30.0. The van der Waals surface area contributed by atoms with Gasteiger partial charge < -0.3 is 9.74 Å². The standard InChI is InChI=1S/C38H42F4N6O3Si/c1-8-47-35-32(30(45-48(35)29-15-10-9-11-16-29)24-46(43-5)21-22-51-52(6,7)37(2,3)4)31(25-17-19-28(39)20-18-25)33(36(47)50)44-34(49)26-13-12-14-27(23-26)38(40,41)42/h9-20,23,31,33H,8,21-22,24H2,1-4,6-7H3,(H,44,49)/t31-,33-/m0/s1. The van der Waals surface area contributed by atoms with E-state index in [0.717, 1.165) is 18.2 Å². The van der Waals surface area contributed by atoms with E-state index < -0.39 is 49.6 Å². The van der Waals surface area contributed by atoms with Crippen LogP contribution >= 0.6 is 0 Å². The second-order valence-corrected chi connectivity index (χ2v) is 19.0. The van der Waals surface area contributed by atoms with Crippen LogP contribution in [0.2, 0.25) is 18.1 Å². The van der Waals surface area contributed by atoms with Crippen LogP contribution in [0.25, 0.3) is 10.6 Å². The lowest BCUT2D eigenvalue weighted by molar-refractivity contribution is -0.137. The molecule has 1 N–H and O–H groups in total. The Labute approximate surface area is 302 Å². The average molecular weight is 735 g/mol. The third kappa shape index (κ3) is 7.90. The number of alkyl halides is 3. The fourth-order valence-electron chi connectivity index (χ4n) is 5.99. The number of aromatic nitrogens is 2. The molecule has 0 spiro atoms. The van der Waals surface area contributed by atoms with Crippen molar-refractivity contribution in [2.75, 3.05) is 24.6 Å². The summed E-state index contributed by atoms with van der Waals surface area (Å²) in [6.45, 7) is 21.2. The fraction of sp³-hybridized carbons (Fsp3) is 0.368. The van der Waals surface area contributed by atoms with Crippen molar-refractivity contribution >= 4 is 25.9 Å². The third-order valence-electron chi connectivity index (χ3n) is 9.78. The average Bonchev–Trinajstić information content (AvgIpc) is 3.46. The third-order valence-corrected chi connectivity index (χ3v) is 14.3. The number of amides is 2. The van der Waals surface area contributed by atoms with Crippen LogP contribution in [-0.4, -0.2) is 60.7 Å². The lowest BCUT2D eigenvalue weighted by Crippen LogP contribution is -2.55. The van der Waals surface area contributed by atoms with Gasteiger partial charge in [0.05, 0.1) is 23.6 Å². The molecule has 0 saturated carbocycles. The minimum absolute atomic E-state index is 0.0181. The Morgan fingerprint density at radius 2 is 1.71 bits per heavy atom. The van der Waals surface area contributed by atoms with Gasteiger partial charge in [-0.25, -0.2) is 9.07 Å². The number of rotatable bonds is 11. The molecule has 0 bridgehead atoms. The van der Waals surface area contributed by atoms with Crippen LogP contribution in [-0.2, 0) is 21.9 Å². The monoisotopic (exact) mass is 734 g/mol. The van der Waals surface area contributed by atoms with Gasteiger partial charge >= 0.3 is 6.18 Å². The number of halogens is 4. The molecule has 1 aliphatic rings. The molecule has 5 rings (SSSR count). The second kappa shape index (κ2) is 14.9. The van der Waals surface area contributed by atoms with E-state index in [1.165, 1.54) is 40.2 Å². The number of nitrogens with zero attached hydrogens (tertiary/aromatic N) is 5. The Morgan fingerprint density at radius 1 is 1.04 bits per heavy atom. The summed E-state index contributed by atoms with van der Waals surface area (Å²) in [5.74, 6) is -2.48. The number of hydrogen-bond donors (Lipinski definition) is 1. The maximum Gasteiger partial charge on any atom is 0.416 e. The van der Waals surface area contributed by atoms with E-state index in [4.69, 9.17) is 16.1 Å². The molecule has 9 nitrogen and oxygen atoms in total. The van der Waals surface area contributed by atoms with E-state index in [0.29, 0.717) is 34.9 Å². The fourth-order valence-corrected chi connectivity index (χ4v) is 7.03. The zero-order valence-corrected chi connectivity index (χ0v) is 31.0. The highest BCUT2D eigenvalue weighted by Gasteiger charge is 2.47. The first-order valence-corrected chi connectivity index (χ1v) is 19.9. The normalized spacial score (nSPS) is 16.3. The number of hydrogen-bond acceptors (Lipinski definition) is 5. The van der Waals surface area contributed by atoms with Gasteiger partial charge in [-0.1, -0.05) is 57.2 Å². The first-order chi connectivity index (χ1) is 24.5. The lowest BCUT2D eigenvalue weighted by Gasteiger charge is -2.38. The summed E-state index contributed by atoms with van der Waals surface area (Å²) in [5.41, 5.74) is 0.758. The SMILES string of the molecule is [C-]#[N+]N(CCO[Si](C)(C)C(C)(C)C)Cc1nn(-c2ccccc2)c2c1[C@H](c1ccc(F)cc1)[C@H](NC(=O)c1cccc(C(F)(F)F)c1)C(=O)N2CC. The smallest absolute Gasteiger partial charge is 0.415 e. The lowest BCUT2D eigenvalue weighted by atomic mass is 9.80. The summed E-state index contributed by atoms with van der Waals surface area (Å²) in [6.07, 6.45) is -4.69. The van der Waals surface area contributed by atoms with Gasteiger partial charge in [-0.15, -0.1) is 5.01 Å². The highest BCUT2D eigenvalue weighted by molar-refractivity contribution is 6.74. The van der Waals surface area contributed by atoms with Crippen molar-refractivity contribution in [2.24, 2.45) is 0 Å². The van der Waals surface area contributed by atoms with Gasteiger partial charge in [0.15, 0.2) is 8.32 Å². The van der Waals surface area contributed by atoms with Gasteiger partial charge in [-0.05, 0) is 73.1 Å². The maximum atomic E-state index is 14.5. The second-order valence-electron chi connectivity index (χ2n) is 14.2. The van der Waals surface area contributed by atoms with Crippen LogP contribution in [0.3, 0.4) is 0 Å². The van der Waals surface area contributed by atoms with Gasteiger partial charge in [-0.2, -0.15) is 29.8 Å². The van der Waals surface area contributed by atoms with Gasteiger partial charge in [0.1, 0.15) is 30.8 Å². The topological polar surface area (TPSA) is 84.1 Å². The van der Waals surface area contributed by atoms with Gasteiger partial charge in [0.25, 0.3) is 11.8 Å². The van der Waals surface area contributed by atoms with Crippen molar-refractivity contribution in [3.05, 3.63) is 124 Å². The van der Waals surface area contributed by atoms with Crippen molar-refractivity contribution in [1.29, 1.82) is 0 Å². The summed E-state index contributed by atoms with van der Waals surface area (Å²) in [7, 11) is -2.12. The number of likely N-dealkylation sites (N-methyl/N-ethyl adjacent to an activating group) is 1. The Morgan fingerprint density at radius 3 is 2.31 bits per heavy atom. The van der Waals surface area contributed by atoms with Crippen LogP contribution in [0.15, 0.2) is 78.9 Å². The molecule has 0 fully saturated rings.